The molecule has 0 bridgehead atoms. The molecule has 1 N–H and O–H groups in total. The maximum absolute atomic E-state index is 13.9. The van der Waals surface area contributed by atoms with Crippen molar-refractivity contribution in [1.82, 2.24) is 14.8 Å². The van der Waals surface area contributed by atoms with Gasteiger partial charge in [-0.1, -0.05) is 5.92 Å². The number of benzene rings is 1. The van der Waals surface area contributed by atoms with Crippen molar-refractivity contribution in [1.29, 1.82) is 5.26 Å². The van der Waals surface area contributed by atoms with Crippen LogP contribution >= 0.6 is 0 Å². The minimum Gasteiger partial charge on any atom is -0.545 e. The van der Waals surface area contributed by atoms with Crippen LogP contribution in [0.4, 0.5) is 10.1 Å². The standard InChI is InChI=1S/C20H12FN5O3.Li/c1-2-3-13-8-17(14(20(28)29)9-15(13)21)23-19(27)16-4-5-18(25-24-16)26-7-6-12(10-22)11-26;/h4-9,11H,1H3,(H,23,27)(H,28,29);/q;+1/p-1. The van der Waals surface area contributed by atoms with E-state index in [0.29, 0.717) is 11.4 Å². The van der Waals surface area contributed by atoms with Gasteiger partial charge in [0.1, 0.15) is 11.9 Å². The van der Waals surface area contributed by atoms with E-state index in [4.69, 9.17) is 5.26 Å². The van der Waals surface area contributed by atoms with E-state index in [1.54, 1.807) is 23.0 Å². The number of carbonyl (C=O) groups excluding carboxylic acids is 2. The molecule has 0 fully saturated rings. The number of aromatic nitrogens is 3. The van der Waals surface area contributed by atoms with Crippen LogP contribution in [0.5, 0.6) is 0 Å². The summed E-state index contributed by atoms with van der Waals surface area (Å²) in [4.78, 5) is 23.7. The van der Waals surface area contributed by atoms with Gasteiger partial charge in [-0.25, -0.2) is 4.39 Å². The number of anilines is 1. The molecule has 10 heteroatoms. The molecule has 0 saturated heterocycles. The van der Waals surface area contributed by atoms with Gasteiger partial charge in [0, 0.05) is 18.0 Å². The number of aromatic carboxylic acids is 1. The monoisotopic (exact) mass is 395 g/mol. The molecule has 1 amide bonds. The van der Waals surface area contributed by atoms with Crippen molar-refractivity contribution in [3.63, 3.8) is 0 Å². The van der Waals surface area contributed by atoms with Gasteiger partial charge in [0.15, 0.2) is 11.5 Å². The third-order valence-electron chi connectivity index (χ3n) is 3.80. The summed E-state index contributed by atoms with van der Waals surface area (Å²) in [5, 5.41) is 30.2. The predicted molar refractivity (Wildman–Crippen MR) is 97.3 cm³/mol. The molecule has 0 saturated carbocycles. The number of carboxylic acids is 1. The van der Waals surface area contributed by atoms with Crippen molar-refractivity contribution in [2.75, 3.05) is 5.32 Å². The number of halogens is 1. The van der Waals surface area contributed by atoms with Crippen LogP contribution in [0, 0.1) is 29.0 Å². The quantitative estimate of drug-likeness (QED) is 0.414. The molecule has 3 rings (SSSR count). The van der Waals surface area contributed by atoms with Crippen molar-refractivity contribution in [3.05, 3.63) is 70.9 Å². The molecular formula is C20H11FLiN5O3. The number of hydrogen-bond donors (Lipinski definition) is 1. The van der Waals surface area contributed by atoms with E-state index in [9.17, 15) is 19.1 Å². The molecule has 0 spiro atoms. The fourth-order valence-corrected chi connectivity index (χ4v) is 2.45. The molecule has 30 heavy (non-hydrogen) atoms. The number of rotatable bonds is 4. The third kappa shape index (κ3) is 4.74. The summed E-state index contributed by atoms with van der Waals surface area (Å²) in [7, 11) is 0. The summed E-state index contributed by atoms with van der Waals surface area (Å²) in [5.41, 5.74) is -0.443. The first-order valence-electron chi connectivity index (χ1n) is 8.14. The largest absolute Gasteiger partial charge is 1.00 e. The molecule has 0 aliphatic rings. The number of nitrogens with zero attached hydrogens (tertiary/aromatic N) is 4. The van der Waals surface area contributed by atoms with Crippen LogP contribution in [0.1, 0.15) is 38.9 Å². The molecule has 8 nitrogen and oxygen atoms in total. The number of hydrogen-bond acceptors (Lipinski definition) is 6. The zero-order chi connectivity index (χ0) is 21.0. The summed E-state index contributed by atoms with van der Waals surface area (Å²) in [6, 6.07) is 8.30. The van der Waals surface area contributed by atoms with E-state index in [-0.39, 0.29) is 35.8 Å². The molecule has 1 aromatic carbocycles. The second kappa shape index (κ2) is 9.53. The maximum atomic E-state index is 13.9. The topological polar surface area (TPSA) is 124 Å². The van der Waals surface area contributed by atoms with E-state index >= 15 is 0 Å². The van der Waals surface area contributed by atoms with Gasteiger partial charge in [0.25, 0.3) is 5.91 Å². The van der Waals surface area contributed by atoms with E-state index in [0.717, 1.165) is 12.1 Å². The van der Waals surface area contributed by atoms with Gasteiger partial charge in [-0.15, -0.1) is 16.1 Å². The summed E-state index contributed by atoms with van der Waals surface area (Å²) in [6.45, 7) is 1.49. The first kappa shape index (κ1) is 22.4. The number of nitrogens with one attached hydrogen (secondary N) is 1. The van der Waals surface area contributed by atoms with Gasteiger partial charge >= 0.3 is 18.9 Å². The van der Waals surface area contributed by atoms with Gasteiger partial charge in [-0.3, -0.25) is 4.79 Å². The maximum Gasteiger partial charge on any atom is 1.00 e. The van der Waals surface area contributed by atoms with Crippen LogP contribution in [0.25, 0.3) is 5.82 Å². The minimum absolute atomic E-state index is 0. The summed E-state index contributed by atoms with van der Waals surface area (Å²) in [5.74, 6) is 2.11. The molecular weight excluding hydrogens is 384 g/mol. The second-order valence-corrected chi connectivity index (χ2v) is 5.69. The molecule has 0 radical (unpaired) electrons. The van der Waals surface area contributed by atoms with E-state index < -0.39 is 23.3 Å². The third-order valence-corrected chi connectivity index (χ3v) is 3.80. The van der Waals surface area contributed by atoms with Gasteiger partial charge in [-0.05, 0) is 37.3 Å². The Morgan fingerprint density at radius 1 is 1.23 bits per heavy atom. The van der Waals surface area contributed by atoms with Crippen LogP contribution in [-0.4, -0.2) is 26.6 Å². The van der Waals surface area contributed by atoms with E-state index in [1.165, 1.54) is 19.1 Å². The Kier molecular flexibility index (Phi) is 7.11. The Balaban J connectivity index is 0.00000320. The zero-order valence-corrected chi connectivity index (χ0v) is 15.9. The Bertz CT molecular complexity index is 1220. The van der Waals surface area contributed by atoms with Crippen molar-refractivity contribution in [2.45, 2.75) is 6.92 Å². The fourth-order valence-electron chi connectivity index (χ4n) is 2.45. The second-order valence-electron chi connectivity index (χ2n) is 5.69. The molecule has 2 heterocycles. The Labute approximate surface area is 182 Å². The molecule has 0 aliphatic heterocycles. The van der Waals surface area contributed by atoms with Crippen LogP contribution in [0.15, 0.2) is 42.7 Å². The smallest absolute Gasteiger partial charge is 0.545 e. The molecule has 0 aliphatic carbocycles. The van der Waals surface area contributed by atoms with E-state index in [2.05, 4.69) is 27.4 Å². The Hall–Kier alpha value is -3.90. The van der Waals surface area contributed by atoms with Crippen LogP contribution in [0.3, 0.4) is 0 Å². The summed E-state index contributed by atoms with van der Waals surface area (Å²) in [6.07, 6.45) is 3.16. The Morgan fingerprint density at radius 3 is 2.57 bits per heavy atom. The van der Waals surface area contributed by atoms with Crippen LogP contribution in [0.2, 0.25) is 0 Å². The number of amides is 1. The van der Waals surface area contributed by atoms with Crippen molar-refractivity contribution >= 4 is 17.6 Å². The van der Waals surface area contributed by atoms with Gasteiger partial charge in [-0.2, -0.15) is 5.26 Å². The molecule has 2 aromatic heterocycles. The SMILES string of the molecule is CC#Cc1cc(NC(=O)c2ccc(-n3ccc(C#N)c3)nn2)c(C(=O)[O-])cc1F.[Li+]. The van der Waals surface area contributed by atoms with Crippen molar-refractivity contribution < 1.29 is 37.9 Å². The Morgan fingerprint density at radius 2 is 2.00 bits per heavy atom. The van der Waals surface area contributed by atoms with Crippen LogP contribution < -0.4 is 29.3 Å². The van der Waals surface area contributed by atoms with Gasteiger partial charge in [0.05, 0.1) is 22.8 Å². The fraction of sp³-hybridized carbons (Fsp3) is 0.0500. The van der Waals surface area contributed by atoms with E-state index in [1.807, 2.05) is 6.07 Å². The molecule has 142 valence electrons. The summed E-state index contributed by atoms with van der Waals surface area (Å²) < 4.78 is 15.5. The first-order chi connectivity index (χ1) is 13.9. The van der Waals surface area contributed by atoms with Gasteiger partial charge < -0.3 is 19.8 Å². The predicted octanol–water partition coefficient (Wildman–Crippen LogP) is -1.73. The number of carbonyl (C=O) groups is 2. The average molecular weight is 395 g/mol. The zero-order valence-electron chi connectivity index (χ0n) is 15.9. The number of nitriles is 1. The van der Waals surface area contributed by atoms with Crippen molar-refractivity contribution in [2.24, 2.45) is 0 Å². The molecule has 0 unspecified atom stereocenters. The molecule has 0 atom stereocenters. The first-order valence-corrected chi connectivity index (χ1v) is 8.14. The van der Waals surface area contributed by atoms with Crippen LogP contribution in [-0.2, 0) is 0 Å². The molecule has 3 aromatic rings. The normalized spacial score (nSPS) is 9.50. The average Bonchev–Trinajstić information content (AvgIpc) is 3.19. The number of carboxylic acid groups (broad SMARTS) is 1. The summed E-state index contributed by atoms with van der Waals surface area (Å²) >= 11 is 0. The van der Waals surface area contributed by atoms with Crippen molar-refractivity contribution in [3.8, 4) is 23.7 Å². The minimum atomic E-state index is -1.66. The van der Waals surface area contributed by atoms with Gasteiger partial charge in [0.2, 0.25) is 0 Å².